The molecule has 170 valence electrons. The third kappa shape index (κ3) is 9.01. The first-order valence-corrected chi connectivity index (χ1v) is 11.9. The number of rotatable bonds is 12. The molecule has 2 aliphatic rings. The lowest BCUT2D eigenvalue weighted by molar-refractivity contribution is -0.145. The lowest BCUT2D eigenvalue weighted by Gasteiger charge is -2.25. The summed E-state index contributed by atoms with van der Waals surface area (Å²) in [6.07, 6.45) is 18.1. The van der Waals surface area contributed by atoms with Crippen molar-refractivity contribution in [2.24, 2.45) is 17.8 Å². The van der Waals surface area contributed by atoms with Crippen LogP contribution < -0.4 is 0 Å². The van der Waals surface area contributed by atoms with E-state index in [1.807, 2.05) is 0 Å². The van der Waals surface area contributed by atoms with E-state index in [0.29, 0.717) is 24.5 Å². The molecule has 2 fully saturated rings. The van der Waals surface area contributed by atoms with Crippen molar-refractivity contribution in [2.45, 2.75) is 103 Å². The molecule has 0 heterocycles. The Labute approximate surface area is 182 Å². The maximum absolute atomic E-state index is 12.4. The van der Waals surface area contributed by atoms with Gasteiger partial charge in [-0.05, 0) is 43.6 Å². The summed E-state index contributed by atoms with van der Waals surface area (Å²) in [6.45, 7) is 1.48. The Kier molecular flexibility index (Phi) is 11.2. The first kappa shape index (κ1) is 24.6. The minimum absolute atomic E-state index is 0.0921. The molecule has 3 atom stereocenters. The van der Waals surface area contributed by atoms with Crippen molar-refractivity contribution in [2.75, 3.05) is 7.11 Å². The molecule has 0 amide bonds. The Balaban J connectivity index is 1.80. The van der Waals surface area contributed by atoms with Gasteiger partial charge in [0.05, 0.1) is 7.11 Å². The van der Waals surface area contributed by atoms with E-state index in [1.54, 1.807) is 0 Å². The highest BCUT2D eigenvalue weighted by Crippen LogP contribution is 2.35. The van der Waals surface area contributed by atoms with Crippen molar-refractivity contribution in [1.29, 1.82) is 0 Å². The Morgan fingerprint density at radius 3 is 2.50 bits per heavy atom. The van der Waals surface area contributed by atoms with E-state index in [1.165, 1.54) is 46.1 Å². The molecule has 5 heteroatoms. The van der Waals surface area contributed by atoms with Crippen LogP contribution in [0.5, 0.6) is 0 Å². The van der Waals surface area contributed by atoms with E-state index < -0.39 is 0 Å². The molecule has 0 aliphatic heterocycles. The van der Waals surface area contributed by atoms with Gasteiger partial charge >= 0.3 is 11.9 Å². The molecule has 0 bridgehead atoms. The van der Waals surface area contributed by atoms with Crippen molar-refractivity contribution in [1.82, 2.24) is 0 Å². The number of ether oxygens (including phenoxy) is 2. The third-order valence-corrected chi connectivity index (χ3v) is 6.71. The number of Topliss-reactive ketones (excluding diaryl/α,β-unsaturated/α-hetero) is 1. The summed E-state index contributed by atoms with van der Waals surface area (Å²) in [7, 11) is 1.42. The predicted molar refractivity (Wildman–Crippen MR) is 117 cm³/mol. The van der Waals surface area contributed by atoms with Gasteiger partial charge in [0.2, 0.25) is 0 Å². The lowest BCUT2D eigenvalue weighted by Crippen LogP contribution is -2.20. The largest absolute Gasteiger partial charge is 0.469 e. The lowest BCUT2D eigenvalue weighted by atomic mass is 9.84. The number of allylic oxidation sites excluding steroid dienone is 1. The normalized spacial score (nSPS) is 23.6. The monoisotopic (exact) mass is 420 g/mol. The first-order chi connectivity index (χ1) is 14.5. The standard InChI is InChI=1S/C25H40O5/c1-19(26)30-22(18-20-10-6-5-7-11-20)16-14-21-15-17-24(27)23(21)12-8-3-4-9-13-25(28)29-2/h14,16,20-23H,3-13,15,17-18H2,1-2H3/b16-14+/t21-,22?,23+/m0/s1. The fourth-order valence-corrected chi connectivity index (χ4v) is 5.03. The van der Waals surface area contributed by atoms with Crippen molar-refractivity contribution in [3.8, 4) is 0 Å². The zero-order valence-electron chi connectivity index (χ0n) is 18.9. The number of hydrogen-bond donors (Lipinski definition) is 0. The van der Waals surface area contributed by atoms with Crippen LogP contribution in [0.3, 0.4) is 0 Å². The van der Waals surface area contributed by atoms with Crippen molar-refractivity contribution >= 4 is 17.7 Å². The SMILES string of the molecule is COC(=O)CCCCCC[C@H]1C(=O)CC[C@@H]1/C=C/C(CC1CCCCC1)OC(C)=O. The summed E-state index contributed by atoms with van der Waals surface area (Å²) in [5, 5.41) is 0. The molecule has 30 heavy (non-hydrogen) atoms. The fourth-order valence-electron chi connectivity index (χ4n) is 5.03. The van der Waals surface area contributed by atoms with E-state index >= 15 is 0 Å². The number of ketones is 1. The van der Waals surface area contributed by atoms with Crippen LogP contribution in [0.15, 0.2) is 12.2 Å². The minimum atomic E-state index is -0.230. The molecule has 0 aromatic heterocycles. The zero-order chi connectivity index (χ0) is 21.8. The van der Waals surface area contributed by atoms with Crippen LogP contribution in [0, 0.1) is 17.8 Å². The molecule has 0 spiro atoms. The summed E-state index contributed by atoms with van der Waals surface area (Å²) in [5.74, 6) is 0.981. The van der Waals surface area contributed by atoms with Gasteiger partial charge in [0.1, 0.15) is 11.9 Å². The Morgan fingerprint density at radius 1 is 1.07 bits per heavy atom. The quantitative estimate of drug-likeness (QED) is 0.235. The van der Waals surface area contributed by atoms with Crippen LogP contribution >= 0.6 is 0 Å². The molecule has 0 radical (unpaired) electrons. The Bertz CT molecular complexity index is 576. The van der Waals surface area contributed by atoms with Gasteiger partial charge in [0, 0.05) is 25.7 Å². The smallest absolute Gasteiger partial charge is 0.305 e. The molecular weight excluding hydrogens is 380 g/mol. The maximum atomic E-state index is 12.4. The molecule has 1 unspecified atom stereocenters. The average molecular weight is 421 g/mol. The van der Waals surface area contributed by atoms with Gasteiger partial charge in [-0.15, -0.1) is 0 Å². The second kappa shape index (κ2) is 13.6. The van der Waals surface area contributed by atoms with Crippen LogP contribution in [-0.2, 0) is 23.9 Å². The molecule has 5 nitrogen and oxygen atoms in total. The highest BCUT2D eigenvalue weighted by atomic mass is 16.5. The number of methoxy groups -OCH3 is 1. The maximum Gasteiger partial charge on any atom is 0.305 e. The third-order valence-electron chi connectivity index (χ3n) is 6.71. The number of carbonyl (C=O) groups is 3. The van der Waals surface area contributed by atoms with Gasteiger partial charge in [0.25, 0.3) is 0 Å². The highest BCUT2D eigenvalue weighted by molar-refractivity contribution is 5.83. The van der Waals surface area contributed by atoms with Gasteiger partial charge in [0.15, 0.2) is 0 Å². The second-order valence-corrected chi connectivity index (χ2v) is 9.08. The molecule has 2 rings (SSSR count). The number of esters is 2. The van der Waals surface area contributed by atoms with Crippen LogP contribution in [-0.4, -0.2) is 30.9 Å². The fraction of sp³-hybridized carbons (Fsp3) is 0.800. The zero-order valence-corrected chi connectivity index (χ0v) is 18.9. The van der Waals surface area contributed by atoms with Crippen LogP contribution in [0.25, 0.3) is 0 Å². The van der Waals surface area contributed by atoms with Crippen LogP contribution in [0.1, 0.15) is 96.8 Å². The second-order valence-electron chi connectivity index (χ2n) is 9.08. The van der Waals surface area contributed by atoms with E-state index in [-0.39, 0.29) is 29.9 Å². The van der Waals surface area contributed by atoms with E-state index in [2.05, 4.69) is 16.9 Å². The summed E-state index contributed by atoms with van der Waals surface area (Å²) < 4.78 is 10.2. The first-order valence-electron chi connectivity index (χ1n) is 11.9. The summed E-state index contributed by atoms with van der Waals surface area (Å²) in [6, 6.07) is 0. The molecule has 2 aliphatic carbocycles. The number of unbranched alkanes of at least 4 members (excludes halogenated alkanes) is 3. The van der Waals surface area contributed by atoms with Crippen molar-refractivity contribution in [3.05, 3.63) is 12.2 Å². The molecule has 0 aromatic carbocycles. The summed E-state index contributed by atoms with van der Waals surface area (Å²) in [4.78, 5) is 35.1. The topological polar surface area (TPSA) is 69.7 Å². The molecule has 0 aromatic rings. The number of hydrogen-bond acceptors (Lipinski definition) is 5. The molecular formula is C25H40O5. The molecule has 0 saturated heterocycles. The van der Waals surface area contributed by atoms with Gasteiger partial charge < -0.3 is 9.47 Å². The Morgan fingerprint density at radius 2 is 1.80 bits per heavy atom. The predicted octanol–water partition coefficient (Wildman–Crippen LogP) is 5.55. The van der Waals surface area contributed by atoms with E-state index in [9.17, 15) is 14.4 Å². The van der Waals surface area contributed by atoms with Gasteiger partial charge in [-0.25, -0.2) is 0 Å². The molecule has 0 N–H and O–H groups in total. The summed E-state index contributed by atoms with van der Waals surface area (Å²) in [5.41, 5.74) is 0. The van der Waals surface area contributed by atoms with E-state index in [0.717, 1.165) is 44.9 Å². The van der Waals surface area contributed by atoms with Gasteiger partial charge in [-0.2, -0.15) is 0 Å². The van der Waals surface area contributed by atoms with Crippen LogP contribution in [0.2, 0.25) is 0 Å². The van der Waals surface area contributed by atoms with Crippen molar-refractivity contribution in [3.63, 3.8) is 0 Å². The number of carbonyl (C=O) groups excluding carboxylic acids is 3. The van der Waals surface area contributed by atoms with E-state index in [4.69, 9.17) is 4.74 Å². The van der Waals surface area contributed by atoms with Crippen molar-refractivity contribution < 1.29 is 23.9 Å². The summed E-state index contributed by atoms with van der Waals surface area (Å²) >= 11 is 0. The van der Waals surface area contributed by atoms with Gasteiger partial charge in [-0.1, -0.05) is 57.4 Å². The average Bonchev–Trinajstić information content (AvgIpc) is 3.08. The molecule has 2 saturated carbocycles. The van der Waals surface area contributed by atoms with Crippen LogP contribution in [0.4, 0.5) is 0 Å². The van der Waals surface area contributed by atoms with Gasteiger partial charge in [-0.3, -0.25) is 14.4 Å². The minimum Gasteiger partial charge on any atom is -0.469 e. The Hall–Kier alpha value is -1.65. The highest BCUT2D eigenvalue weighted by Gasteiger charge is 2.32.